The first-order chi connectivity index (χ1) is 9.74. The van der Waals surface area contributed by atoms with Crippen LogP contribution >= 0.6 is 22.6 Å². The van der Waals surface area contributed by atoms with E-state index in [0.717, 1.165) is 13.1 Å². The number of aryl methyl sites for hydroxylation is 2. The van der Waals surface area contributed by atoms with E-state index in [1.807, 2.05) is 0 Å². The van der Waals surface area contributed by atoms with Gasteiger partial charge in [-0.2, -0.15) is 0 Å². The highest BCUT2D eigenvalue weighted by molar-refractivity contribution is 14.1. The summed E-state index contributed by atoms with van der Waals surface area (Å²) in [7, 11) is 0. The van der Waals surface area contributed by atoms with Crippen molar-refractivity contribution >= 4 is 34.0 Å². The Hall–Kier alpha value is -1.23. The first kappa shape index (κ1) is 13.7. The second kappa shape index (κ2) is 6.04. The molecular formula is C17H19IN2. The molecule has 0 aliphatic carbocycles. The number of para-hydroxylation sites is 1. The van der Waals surface area contributed by atoms with E-state index in [-0.39, 0.29) is 0 Å². The average Bonchev–Trinajstić information content (AvgIpc) is 2.48. The number of rotatable bonds is 3. The molecule has 1 aliphatic rings. The summed E-state index contributed by atoms with van der Waals surface area (Å²) in [5, 5.41) is 7.08. The molecule has 2 N–H and O–H groups in total. The van der Waals surface area contributed by atoms with Gasteiger partial charge >= 0.3 is 0 Å². The molecule has 3 rings (SSSR count). The quantitative estimate of drug-likeness (QED) is 0.765. The van der Waals surface area contributed by atoms with Gasteiger partial charge in [0, 0.05) is 28.0 Å². The molecule has 1 heterocycles. The fourth-order valence-corrected chi connectivity index (χ4v) is 3.14. The zero-order chi connectivity index (χ0) is 13.9. The summed E-state index contributed by atoms with van der Waals surface area (Å²) < 4.78 is 1.31. The van der Waals surface area contributed by atoms with Crippen LogP contribution in [0.2, 0.25) is 0 Å². The van der Waals surface area contributed by atoms with Crippen LogP contribution < -0.4 is 10.6 Å². The predicted molar refractivity (Wildman–Crippen MR) is 94.5 cm³/mol. The Morgan fingerprint density at radius 1 is 1.25 bits per heavy atom. The number of benzene rings is 2. The lowest BCUT2D eigenvalue weighted by atomic mass is 9.99. The van der Waals surface area contributed by atoms with Gasteiger partial charge in [-0.1, -0.05) is 24.3 Å². The van der Waals surface area contributed by atoms with E-state index >= 15 is 0 Å². The van der Waals surface area contributed by atoms with Crippen LogP contribution in [0.3, 0.4) is 0 Å². The van der Waals surface area contributed by atoms with E-state index in [0.29, 0.717) is 0 Å². The van der Waals surface area contributed by atoms with Crippen molar-refractivity contribution in [3.05, 3.63) is 56.7 Å². The lowest BCUT2D eigenvalue weighted by Gasteiger charge is -2.21. The molecule has 0 saturated carbocycles. The maximum atomic E-state index is 3.55. The molecule has 3 heteroatoms. The SMILES string of the molecule is Cc1ccc(NCc2cccc3c2NCCC3)cc1I. The van der Waals surface area contributed by atoms with Crippen LogP contribution in [0.5, 0.6) is 0 Å². The summed E-state index contributed by atoms with van der Waals surface area (Å²) in [6.45, 7) is 4.10. The van der Waals surface area contributed by atoms with Crippen molar-refractivity contribution < 1.29 is 0 Å². The number of fused-ring (bicyclic) bond motifs is 1. The molecule has 2 aromatic rings. The number of hydrogen-bond donors (Lipinski definition) is 2. The fourth-order valence-electron chi connectivity index (χ4n) is 2.63. The van der Waals surface area contributed by atoms with Gasteiger partial charge in [0.2, 0.25) is 0 Å². The van der Waals surface area contributed by atoms with Gasteiger partial charge < -0.3 is 10.6 Å². The minimum absolute atomic E-state index is 0.870. The van der Waals surface area contributed by atoms with Crippen LogP contribution in [0.1, 0.15) is 23.1 Å². The minimum Gasteiger partial charge on any atom is -0.385 e. The van der Waals surface area contributed by atoms with Crippen LogP contribution in [-0.2, 0) is 13.0 Å². The zero-order valence-corrected chi connectivity index (χ0v) is 13.8. The van der Waals surface area contributed by atoms with Crippen LogP contribution in [0.25, 0.3) is 0 Å². The molecule has 2 aromatic carbocycles. The highest BCUT2D eigenvalue weighted by Crippen LogP contribution is 2.27. The van der Waals surface area contributed by atoms with Crippen molar-refractivity contribution in [1.29, 1.82) is 0 Å². The van der Waals surface area contributed by atoms with Crippen LogP contribution in [-0.4, -0.2) is 6.54 Å². The van der Waals surface area contributed by atoms with Gasteiger partial charge in [0.05, 0.1) is 0 Å². The Kier molecular flexibility index (Phi) is 4.15. The van der Waals surface area contributed by atoms with Crippen molar-refractivity contribution in [2.45, 2.75) is 26.3 Å². The average molecular weight is 378 g/mol. The van der Waals surface area contributed by atoms with E-state index < -0.39 is 0 Å². The van der Waals surface area contributed by atoms with Crippen molar-refractivity contribution in [2.75, 3.05) is 17.2 Å². The predicted octanol–water partition coefficient (Wildman–Crippen LogP) is 4.57. The Bertz CT molecular complexity index is 622. The standard InChI is InChI=1S/C17H19IN2/c1-12-7-8-15(10-16(12)18)20-11-14-5-2-4-13-6-3-9-19-17(13)14/h2,4-5,7-8,10,19-20H,3,6,9,11H2,1H3. The molecule has 104 valence electrons. The molecule has 20 heavy (non-hydrogen) atoms. The summed E-state index contributed by atoms with van der Waals surface area (Å²) in [5.41, 5.74) is 6.67. The highest BCUT2D eigenvalue weighted by atomic mass is 127. The summed E-state index contributed by atoms with van der Waals surface area (Å²) in [5.74, 6) is 0. The van der Waals surface area contributed by atoms with Gasteiger partial charge in [-0.3, -0.25) is 0 Å². The third-order valence-corrected chi connectivity index (χ3v) is 4.98. The van der Waals surface area contributed by atoms with Crippen molar-refractivity contribution in [3.8, 4) is 0 Å². The largest absolute Gasteiger partial charge is 0.385 e. The van der Waals surface area contributed by atoms with Gasteiger partial charge in [0.25, 0.3) is 0 Å². The maximum Gasteiger partial charge on any atom is 0.0423 e. The molecule has 0 spiro atoms. The Morgan fingerprint density at radius 3 is 3.00 bits per heavy atom. The van der Waals surface area contributed by atoms with E-state index in [4.69, 9.17) is 0 Å². The minimum atomic E-state index is 0.870. The van der Waals surface area contributed by atoms with Crippen molar-refractivity contribution in [3.63, 3.8) is 0 Å². The molecule has 0 saturated heterocycles. The number of anilines is 2. The summed E-state index contributed by atoms with van der Waals surface area (Å²) in [6, 6.07) is 13.1. The van der Waals surface area contributed by atoms with Crippen LogP contribution in [0.4, 0.5) is 11.4 Å². The molecule has 0 aromatic heterocycles. The van der Waals surface area contributed by atoms with Crippen molar-refractivity contribution in [1.82, 2.24) is 0 Å². The normalized spacial score (nSPS) is 13.5. The number of halogens is 1. The lowest BCUT2D eigenvalue weighted by Crippen LogP contribution is -2.15. The van der Waals surface area contributed by atoms with Gasteiger partial charge in [0.1, 0.15) is 0 Å². The highest BCUT2D eigenvalue weighted by Gasteiger charge is 2.11. The second-order valence-corrected chi connectivity index (χ2v) is 6.46. The van der Waals surface area contributed by atoms with E-state index in [2.05, 4.69) is 76.5 Å². The first-order valence-electron chi connectivity index (χ1n) is 7.09. The zero-order valence-electron chi connectivity index (χ0n) is 11.7. The first-order valence-corrected chi connectivity index (χ1v) is 8.16. The summed E-state index contributed by atoms with van der Waals surface area (Å²) >= 11 is 2.39. The van der Waals surface area contributed by atoms with E-state index in [1.165, 1.54) is 44.5 Å². The van der Waals surface area contributed by atoms with Gasteiger partial charge in [-0.15, -0.1) is 0 Å². The molecular weight excluding hydrogens is 359 g/mol. The van der Waals surface area contributed by atoms with E-state index in [9.17, 15) is 0 Å². The monoisotopic (exact) mass is 378 g/mol. The maximum absolute atomic E-state index is 3.55. The molecule has 0 unspecified atom stereocenters. The van der Waals surface area contributed by atoms with Gasteiger partial charge in [-0.05, 0) is 71.2 Å². The lowest BCUT2D eigenvalue weighted by molar-refractivity contribution is 0.825. The third kappa shape index (κ3) is 2.92. The number of hydrogen-bond acceptors (Lipinski definition) is 2. The Morgan fingerprint density at radius 2 is 2.15 bits per heavy atom. The molecule has 0 bridgehead atoms. The van der Waals surface area contributed by atoms with Crippen LogP contribution in [0, 0.1) is 10.5 Å². The van der Waals surface area contributed by atoms with Crippen LogP contribution in [0.15, 0.2) is 36.4 Å². The van der Waals surface area contributed by atoms with Gasteiger partial charge in [-0.25, -0.2) is 0 Å². The smallest absolute Gasteiger partial charge is 0.0423 e. The fraction of sp³-hybridized carbons (Fsp3) is 0.294. The Balaban J connectivity index is 1.76. The topological polar surface area (TPSA) is 24.1 Å². The Labute approximate surface area is 134 Å². The number of nitrogens with one attached hydrogen (secondary N) is 2. The molecule has 1 aliphatic heterocycles. The van der Waals surface area contributed by atoms with E-state index in [1.54, 1.807) is 0 Å². The molecule has 0 amide bonds. The molecule has 0 radical (unpaired) electrons. The molecule has 0 atom stereocenters. The second-order valence-electron chi connectivity index (χ2n) is 5.30. The molecule has 2 nitrogen and oxygen atoms in total. The van der Waals surface area contributed by atoms with Gasteiger partial charge in [0.15, 0.2) is 0 Å². The molecule has 0 fully saturated rings. The van der Waals surface area contributed by atoms with Crippen molar-refractivity contribution in [2.24, 2.45) is 0 Å². The third-order valence-electron chi connectivity index (χ3n) is 3.82. The summed E-state index contributed by atoms with van der Waals surface area (Å²) in [6.07, 6.45) is 2.43. The summed E-state index contributed by atoms with van der Waals surface area (Å²) in [4.78, 5) is 0.